The summed E-state index contributed by atoms with van der Waals surface area (Å²) in [5.41, 5.74) is 1.41. The molecule has 6 nitrogen and oxygen atoms in total. The third-order valence-electron chi connectivity index (χ3n) is 5.13. The number of carbonyl (C=O) groups is 1. The van der Waals surface area contributed by atoms with Crippen LogP contribution in [0, 0.1) is 0 Å². The smallest absolute Gasteiger partial charge is 0.251 e. The Balaban J connectivity index is 1.66. The van der Waals surface area contributed by atoms with E-state index in [1.54, 1.807) is 16.4 Å². The topological polar surface area (TPSA) is 78.5 Å². The molecule has 0 spiro atoms. The van der Waals surface area contributed by atoms with E-state index in [0.29, 0.717) is 31.2 Å². The van der Waals surface area contributed by atoms with Crippen molar-refractivity contribution in [1.29, 1.82) is 0 Å². The number of nitrogens with zero attached hydrogens (tertiary/aromatic N) is 1. The first-order chi connectivity index (χ1) is 11.0. The quantitative estimate of drug-likeness (QED) is 0.824. The van der Waals surface area contributed by atoms with Crippen molar-refractivity contribution in [3.63, 3.8) is 0 Å². The van der Waals surface area contributed by atoms with Gasteiger partial charge in [0.1, 0.15) is 0 Å². The van der Waals surface area contributed by atoms with E-state index in [-0.39, 0.29) is 16.8 Å². The molecule has 2 bridgehead atoms. The molecular formula is C16H21N3O3S. The highest BCUT2D eigenvalue weighted by Gasteiger charge is 2.35. The van der Waals surface area contributed by atoms with Gasteiger partial charge in [0.2, 0.25) is 10.0 Å². The molecule has 1 aromatic rings. The van der Waals surface area contributed by atoms with Gasteiger partial charge in [0, 0.05) is 37.3 Å². The SMILES string of the molecule is O=C1NCCc2ccc(S(=O)(=O)N3CCC4CCC(C3)N4)cc21. The molecule has 0 aliphatic carbocycles. The summed E-state index contributed by atoms with van der Waals surface area (Å²) in [5, 5.41) is 6.26. The second-order valence-corrected chi connectivity index (χ2v) is 8.55. The third-order valence-corrected chi connectivity index (χ3v) is 6.99. The van der Waals surface area contributed by atoms with Gasteiger partial charge in [-0.25, -0.2) is 8.42 Å². The summed E-state index contributed by atoms with van der Waals surface area (Å²) in [6.45, 7) is 1.67. The molecule has 3 aliphatic rings. The molecule has 0 aromatic heterocycles. The van der Waals surface area contributed by atoms with Crippen molar-refractivity contribution in [2.75, 3.05) is 19.6 Å². The zero-order chi connectivity index (χ0) is 16.0. The summed E-state index contributed by atoms with van der Waals surface area (Å²) in [6, 6.07) is 5.65. The first kappa shape index (κ1) is 15.1. The van der Waals surface area contributed by atoms with E-state index in [4.69, 9.17) is 0 Å². The second-order valence-electron chi connectivity index (χ2n) is 6.61. The lowest BCUT2D eigenvalue weighted by Crippen LogP contribution is -2.39. The van der Waals surface area contributed by atoms with Gasteiger partial charge in [0.05, 0.1) is 4.90 Å². The number of benzene rings is 1. The van der Waals surface area contributed by atoms with Gasteiger partial charge >= 0.3 is 0 Å². The maximum absolute atomic E-state index is 13.0. The number of fused-ring (bicyclic) bond motifs is 3. The maximum Gasteiger partial charge on any atom is 0.251 e. The molecule has 2 fully saturated rings. The van der Waals surface area contributed by atoms with Crippen molar-refractivity contribution in [1.82, 2.24) is 14.9 Å². The van der Waals surface area contributed by atoms with Crippen LogP contribution in [0.25, 0.3) is 0 Å². The Kier molecular flexibility index (Phi) is 3.66. The van der Waals surface area contributed by atoms with E-state index in [1.807, 2.05) is 0 Å². The lowest BCUT2D eigenvalue weighted by atomic mass is 10.0. The predicted octanol–water partition coefficient (Wildman–Crippen LogP) is 0.488. The second kappa shape index (κ2) is 5.58. The van der Waals surface area contributed by atoms with Crippen molar-refractivity contribution < 1.29 is 13.2 Å². The standard InChI is InChI=1S/C16H21N3O3S/c20-16-15-9-14(4-1-11(15)5-7-17-16)23(21,22)19-8-6-12-2-3-13(10-19)18-12/h1,4,9,12-13,18H,2-3,5-8,10H2,(H,17,20). The Labute approximate surface area is 136 Å². The Morgan fingerprint density at radius 2 is 1.96 bits per heavy atom. The van der Waals surface area contributed by atoms with Gasteiger partial charge < -0.3 is 10.6 Å². The monoisotopic (exact) mass is 335 g/mol. The number of sulfonamides is 1. The predicted molar refractivity (Wildman–Crippen MR) is 85.8 cm³/mol. The molecule has 4 rings (SSSR count). The normalized spacial score (nSPS) is 28.1. The van der Waals surface area contributed by atoms with Crippen LogP contribution >= 0.6 is 0 Å². The number of amides is 1. The Morgan fingerprint density at radius 3 is 2.83 bits per heavy atom. The van der Waals surface area contributed by atoms with E-state index < -0.39 is 10.0 Å². The van der Waals surface area contributed by atoms with Gasteiger partial charge in [-0.3, -0.25) is 4.79 Å². The highest BCUT2D eigenvalue weighted by Crippen LogP contribution is 2.26. The van der Waals surface area contributed by atoms with Gasteiger partial charge in [-0.2, -0.15) is 4.31 Å². The zero-order valence-corrected chi connectivity index (χ0v) is 13.7. The summed E-state index contributed by atoms with van der Waals surface area (Å²) in [4.78, 5) is 12.2. The molecule has 1 aromatic carbocycles. The van der Waals surface area contributed by atoms with Gasteiger partial charge in [-0.05, 0) is 43.4 Å². The first-order valence-electron chi connectivity index (χ1n) is 8.21. The van der Waals surface area contributed by atoms with Crippen molar-refractivity contribution in [2.24, 2.45) is 0 Å². The van der Waals surface area contributed by atoms with Crippen molar-refractivity contribution in [2.45, 2.75) is 42.7 Å². The van der Waals surface area contributed by atoms with Crippen LogP contribution in [-0.2, 0) is 16.4 Å². The summed E-state index contributed by atoms with van der Waals surface area (Å²) in [5.74, 6) is -0.181. The third kappa shape index (κ3) is 2.66. The van der Waals surface area contributed by atoms with E-state index in [2.05, 4.69) is 10.6 Å². The van der Waals surface area contributed by atoms with Crippen molar-refractivity contribution >= 4 is 15.9 Å². The highest BCUT2D eigenvalue weighted by molar-refractivity contribution is 7.89. The molecule has 2 atom stereocenters. The first-order valence-corrected chi connectivity index (χ1v) is 9.65. The van der Waals surface area contributed by atoms with Gasteiger partial charge in [0.15, 0.2) is 0 Å². The van der Waals surface area contributed by atoms with Crippen LogP contribution < -0.4 is 10.6 Å². The lowest BCUT2D eigenvalue weighted by Gasteiger charge is -2.24. The van der Waals surface area contributed by atoms with Crippen LogP contribution in [0.1, 0.15) is 35.2 Å². The van der Waals surface area contributed by atoms with Crippen LogP contribution in [0.3, 0.4) is 0 Å². The van der Waals surface area contributed by atoms with E-state index in [9.17, 15) is 13.2 Å². The van der Waals surface area contributed by atoms with Crippen LogP contribution in [0.2, 0.25) is 0 Å². The van der Waals surface area contributed by atoms with Crippen molar-refractivity contribution in [3.05, 3.63) is 29.3 Å². The van der Waals surface area contributed by atoms with Gasteiger partial charge in [0.25, 0.3) is 5.91 Å². The van der Waals surface area contributed by atoms with E-state index in [0.717, 1.165) is 31.2 Å². The number of carbonyl (C=O) groups excluding carboxylic acids is 1. The molecule has 7 heteroatoms. The Hall–Kier alpha value is -1.44. The van der Waals surface area contributed by atoms with Crippen molar-refractivity contribution in [3.8, 4) is 0 Å². The van der Waals surface area contributed by atoms with E-state index >= 15 is 0 Å². The molecule has 2 saturated heterocycles. The highest BCUT2D eigenvalue weighted by atomic mass is 32.2. The minimum absolute atomic E-state index is 0.181. The molecule has 124 valence electrons. The maximum atomic E-state index is 13.0. The fraction of sp³-hybridized carbons (Fsp3) is 0.562. The number of rotatable bonds is 2. The number of nitrogens with one attached hydrogen (secondary N) is 2. The minimum atomic E-state index is -3.55. The summed E-state index contributed by atoms with van der Waals surface area (Å²) in [7, 11) is -3.55. The largest absolute Gasteiger partial charge is 0.352 e. The molecule has 3 heterocycles. The van der Waals surface area contributed by atoms with Gasteiger partial charge in [-0.15, -0.1) is 0 Å². The number of hydrogen-bond donors (Lipinski definition) is 2. The minimum Gasteiger partial charge on any atom is -0.352 e. The number of hydrogen-bond acceptors (Lipinski definition) is 4. The molecule has 2 N–H and O–H groups in total. The fourth-order valence-corrected chi connectivity index (χ4v) is 5.36. The lowest BCUT2D eigenvalue weighted by molar-refractivity contribution is 0.0945. The summed E-state index contributed by atoms with van der Waals surface area (Å²) >= 11 is 0. The average molecular weight is 335 g/mol. The summed E-state index contributed by atoms with van der Waals surface area (Å²) < 4.78 is 27.5. The molecule has 0 saturated carbocycles. The fourth-order valence-electron chi connectivity index (χ4n) is 3.83. The van der Waals surface area contributed by atoms with Gasteiger partial charge in [-0.1, -0.05) is 6.07 Å². The zero-order valence-electron chi connectivity index (χ0n) is 12.9. The molecule has 2 unspecified atom stereocenters. The van der Waals surface area contributed by atoms with E-state index in [1.165, 1.54) is 6.07 Å². The average Bonchev–Trinajstić information content (AvgIpc) is 2.86. The Morgan fingerprint density at radius 1 is 1.13 bits per heavy atom. The van der Waals surface area contributed by atoms with Crippen LogP contribution in [-0.4, -0.2) is 50.3 Å². The summed E-state index contributed by atoms with van der Waals surface area (Å²) in [6.07, 6.45) is 3.76. The van der Waals surface area contributed by atoms with Crippen LogP contribution in [0.4, 0.5) is 0 Å². The Bertz CT molecular complexity index is 747. The molecule has 3 aliphatic heterocycles. The van der Waals surface area contributed by atoms with Crippen LogP contribution in [0.15, 0.2) is 23.1 Å². The molecule has 1 amide bonds. The molecular weight excluding hydrogens is 314 g/mol. The molecule has 0 radical (unpaired) electrons. The molecule has 23 heavy (non-hydrogen) atoms. The van der Waals surface area contributed by atoms with Crippen LogP contribution in [0.5, 0.6) is 0 Å².